The van der Waals surface area contributed by atoms with Crippen LogP contribution in [0.3, 0.4) is 0 Å². The monoisotopic (exact) mass is 502 g/mol. The molecule has 0 saturated carbocycles. The first-order valence-electron chi connectivity index (χ1n) is 10.3. The van der Waals surface area contributed by atoms with E-state index in [-0.39, 0.29) is 6.61 Å². The molecule has 1 N–H and O–H groups in total. The zero-order chi connectivity index (χ0) is 24.5. The first-order chi connectivity index (χ1) is 16.5. The second-order valence-corrected chi connectivity index (χ2v) is 7.73. The molecule has 0 spiro atoms. The minimum Gasteiger partial charge on any atom is -0.493 e. The number of rotatable bonds is 10. The van der Waals surface area contributed by atoms with E-state index in [0.29, 0.717) is 50.8 Å². The number of hydrazone groups is 1. The Hall–Kier alpha value is -3.42. The molecule has 3 aromatic carbocycles. The van der Waals surface area contributed by atoms with Gasteiger partial charge in [-0.05, 0) is 48.9 Å². The number of nitrogens with one attached hydrogen (secondary N) is 1. The molecule has 0 aliphatic rings. The van der Waals surface area contributed by atoms with Crippen LogP contribution in [0.15, 0.2) is 59.7 Å². The first-order valence-corrected chi connectivity index (χ1v) is 11.1. The van der Waals surface area contributed by atoms with Crippen molar-refractivity contribution in [1.29, 1.82) is 0 Å². The number of hydrogen-bond donors (Lipinski definition) is 1. The maximum atomic E-state index is 12.5. The summed E-state index contributed by atoms with van der Waals surface area (Å²) >= 11 is 12.6. The van der Waals surface area contributed by atoms with Gasteiger partial charge in [-0.2, -0.15) is 5.10 Å². The molecule has 3 rings (SSSR count). The average molecular weight is 503 g/mol. The number of carbonyl (C=O) groups excluding carboxylic acids is 1. The Morgan fingerprint density at radius 2 is 1.71 bits per heavy atom. The Morgan fingerprint density at radius 1 is 0.941 bits per heavy atom. The standard InChI is InChI=1S/C25H24Cl2N2O5/c1-4-33-22-13-17(9-10-21(22)31-2)25(30)29-28-14-16-11-20(27)24(23(12-16)32-3)34-15-18-7-5-6-8-19(18)26/h5-14H,4,15H2,1-3H3,(H,29,30)/b28-14+. The average Bonchev–Trinajstić information content (AvgIpc) is 2.84. The van der Waals surface area contributed by atoms with Crippen LogP contribution in [-0.4, -0.2) is 32.9 Å². The van der Waals surface area contributed by atoms with Crippen molar-refractivity contribution in [2.24, 2.45) is 5.10 Å². The van der Waals surface area contributed by atoms with Gasteiger partial charge in [0.15, 0.2) is 23.0 Å². The van der Waals surface area contributed by atoms with E-state index in [1.807, 2.05) is 25.1 Å². The lowest BCUT2D eigenvalue weighted by atomic mass is 10.2. The van der Waals surface area contributed by atoms with Gasteiger partial charge < -0.3 is 18.9 Å². The second-order valence-electron chi connectivity index (χ2n) is 6.91. The van der Waals surface area contributed by atoms with Crippen LogP contribution in [0.2, 0.25) is 10.0 Å². The van der Waals surface area contributed by atoms with E-state index in [2.05, 4.69) is 10.5 Å². The highest BCUT2D eigenvalue weighted by molar-refractivity contribution is 6.32. The molecule has 0 fully saturated rings. The Labute approximate surface area is 208 Å². The third-order valence-electron chi connectivity index (χ3n) is 4.69. The van der Waals surface area contributed by atoms with Crippen LogP contribution >= 0.6 is 23.2 Å². The molecular weight excluding hydrogens is 479 g/mol. The molecule has 0 aliphatic carbocycles. The number of carbonyl (C=O) groups is 1. The normalized spacial score (nSPS) is 10.7. The van der Waals surface area contributed by atoms with Gasteiger partial charge in [-0.15, -0.1) is 0 Å². The molecule has 0 bridgehead atoms. The molecule has 1 amide bonds. The summed E-state index contributed by atoms with van der Waals surface area (Å²) < 4.78 is 22.0. The van der Waals surface area contributed by atoms with Crippen molar-refractivity contribution in [3.63, 3.8) is 0 Å². The predicted molar refractivity (Wildman–Crippen MR) is 133 cm³/mol. The quantitative estimate of drug-likeness (QED) is 0.282. The summed E-state index contributed by atoms with van der Waals surface area (Å²) in [5.74, 6) is 1.42. The number of nitrogens with zero attached hydrogens (tertiary/aromatic N) is 1. The second kappa shape index (κ2) is 12.2. The summed E-state index contributed by atoms with van der Waals surface area (Å²) in [4.78, 5) is 12.5. The van der Waals surface area contributed by atoms with Crippen molar-refractivity contribution >= 4 is 35.3 Å². The highest BCUT2D eigenvalue weighted by Gasteiger charge is 2.13. The third-order valence-corrected chi connectivity index (χ3v) is 5.34. The van der Waals surface area contributed by atoms with Gasteiger partial charge >= 0.3 is 0 Å². The maximum absolute atomic E-state index is 12.5. The molecule has 9 heteroatoms. The molecule has 178 valence electrons. The summed E-state index contributed by atoms with van der Waals surface area (Å²) in [6.07, 6.45) is 1.46. The minimum absolute atomic E-state index is 0.227. The zero-order valence-corrected chi connectivity index (χ0v) is 20.4. The maximum Gasteiger partial charge on any atom is 0.271 e. The summed E-state index contributed by atoms with van der Waals surface area (Å²) in [7, 11) is 3.05. The van der Waals surface area contributed by atoms with Gasteiger partial charge in [0.25, 0.3) is 5.91 Å². The van der Waals surface area contributed by atoms with E-state index < -0.39 is 5.91 Å². The van der Waals surface area contributed by atoms with Crippen molar-refractivity contribution in [1.82, 2.24) is 5.43 Å². The predicted octanol–water partition coefficient (Wildman–Crippen LogP) is 5.75. The van der Waals surface area contributed by atoms with Crippen LogP contribution in [0.4, 0.5) is 0 Å². The lowest BCUT2D eigenvalue weighted by Gasteiger charge is -2.14. The number of amides is 1. The number of benzene rings is 3. The Kier molecular flexibility index (Phi) is 9.01. The molecule has 0 heterocycles. The number of hydrogen-bond acceptors (Lipinski definition) is 6. The van der Waals surface area contributed by atoms with E-state index in [1.165, 1.54) is 20.4 Å². The first kappa shape index (κ1) is 25.2. The largest absolute Gasteiger partial charge is 0.493 e. The summed E-state index contributed by atoms with van der Waals surface area (Å²) in [5.41, 5.74) is 4.29. The van der Waals surface area contributed by atoms with Gasteiger partial charge in [0.2, 0.25) is 0 Å². The van der Waals surface area contributed by atoms with E-state index in [0.717, 1.165) is 5.56 Å². The molecule has 0 atom stereocenters. The zero-order valence-electron chi connectivity index (χ0n) is 18.9. The molecule has 0 aliphatic heterocycles. The molecule has 0 radical (unpaired) electrons. The highest BCUT2D eigenvalue weighted by Crippen LogP contribution is 2.37. The molecule has 3 aromatic rings. The molecular formula is C25H24Cl2N2O5. The van der Waals surface area contributed by atoms with Gasteiger partial charge in [0, 0.05) is 16.1 Å². The van der Waals surface area contributed by atoms with Gasteiger partial charge in [-0.3, -0.25) is 4.79 Å². The smallest absolute Gasteiger partial charge is 0.271 e. The molecule has 0 unspecified atom stereocenters. The summed E-state index contributed by atoms with van der Waals surface area (Å²) in [6, 6.07) is 15.6. The van der Waals surface area contributed by atoms with Crippen molar-refractivity contribution in [3.8, 4) is 23.0 Å². The van der Waals surface area contributed by atoms with Crippen LogP contribution in [0.25, 0.3) is 0 Å². The third kappa shape index (κ3) is 6.34. The Bertz CT molecular complexity index is 1180. The van der Waals surface area contributed by atoms with Crippen LogP contribution in [0.1, 0.15) is 28.4 Å². The van der Waals surface area contributed by atoms with Crippen molar-refractivity contribution < 1.29 is 23.7 Å². The van der Waals surface area contributed by atoms with E-state index in [4.69, 9.17) is 42.1 Å². The van der Waals surface area contributed by atoms with Crippen molar-refractivity contribution in [3.05, 3.63) is 81.3 Å². The van der Waals surface area contributed by atoms with E-state index >= 15 is 0 Å². The Balaban J connectivity index is 1.70. The van der Waals surface area contributed by atoms with Crippen molar-refractivity contribution in [2.75, 3.05) is 20.8 Å². The van der Waals surface area contributed by atoms with Crippen LogP contribution < -0.4 is 24.4 Å². The van der Waals surface area contributed by atoms with Gasteiger partial charge in [0.1, 0.15) is 6.61 Å². The topological polar surface area (TPSA) is 78.4 Å². The lowest BCUT2D eigenvalue weighted by molar-refractivity contribution is 0.0954. The fourth-order valence-electron chi connectivity index (χ4n) is 3.04. The van der Waals surface area contributed by atoms with Crippen LogP contribution in [0.5, 0.6) is 23.0 Å². The van der Waals surface area contributed by atoms with Crippen LogP contribution in [-0.2, 0) is 6.61 Å². The molecule has 34 heavy (non-hydrogen) atoms. The SMILES string of the molecule is CCOc1cc(C(=O)N/N=C/c2cc(Cl)c(OCc3ccccc3Cl)c(OC)c2)ccc1OC. The molecule has 7 nitrogen and oxygen atoms in total. The van der Waals surface area contributed by atoms with Crippen LogP contribution in [0, 0.1) is 0 Å². The fourth-order valence-corrected chi connectivity index (χ4v) is 3.50. The summed E-state index contributed by atoms with van der Waals surface area (Å²) in [6.45, 7) is 2.52. The Morgan fingerprint density at radius 3 is 2.41 bits per heavy atom. The number of ether oxygens (including phenoxy) is 4. The molecule has 0 saturated heterocycles. The number of halogens is 2. The molecule has 0 aromatic heterocycles. The fraction of sp³-hybridized carbons (Fsp3) is 0.200. The van der Waals surface area contributed by atoms with Gasteiger partial charge in [0.05, 0.1) is 32.1 Å². The minimum atomic E-state index is -0.405. The van der Waals surface area contributed by atoms with E-state index in [1.54, 1.807) is 36.4 Å². The lowest BCUT2D eigenvalue weighted by Crippen LogP contribution is -2.17. The summed E-state index contributed by atoms with van der Waals surface area (Å²) in [5, 5.41) is 4.95. The number of methoxy groups -OCH3 is 2. The van der Waals surface area contributed by atoms with Gasteiger partial charge in [-0.1, -0.05) is 41.4 Å². The van der Waals surface area contributed by atoms with Gasteiger partial charge in [-0.25, -0.2) is 5.43 Å². The highest BCUT2D eigenvalue weighted by atomic mass is 35.5. The van der Waals surface area contributed by atoms with Crippen molar-refractivity contribution in [2.45, 2.75) is 13.5 Å². The van der Waals surface area contributed by atoms with E-state index in [9.17, 15) is 4.79 Å².